The second-order valence-electron chi connectivity index (χ2n) is 7.58. The number of nitrogens with zero attached hydrogens (tertiary/aromatic N) is 3. The van der Waals surface area contributed by atoms with Crippen LogP contribution in [0.1, 0.15) is 23.0 Å². The van der Waals surface area contributed by atoms with E-state index >= 15 is 0 Å². The van der Waals surface area contributed by atoms with Gasteiger partial charge in [-0.25, -0.2) is 4.68 Å². The number of nitrogens with two attached hydrogens (primary N) is 1. The van der Waals surface area contributed by atoms with Crippen LogP contribution in [0.4, 0.5) is 11.4 Å². The molecule has 2 aliphatic rings. The summed E-state index contributed by atoms with van der Waals surface area (Å²) in [5.41, 5.74) is 9.44. The maximum absolute atomic E-state index is 12.9. The molecule has 3 aromatic rings. The summed E-state index contributed by atoms with van der Waals surface area (Å²) in [6.07, 6.45) is 0. The van der Waals surface area contributed by atoms with Crippen molar-refractivity contribution in [3.8, 4) is 28.4 Å². The Morgan fingerprint density at radius 2 is 1.94 bits per heavy atom. The summed E-state index contributed by atoms with van der Waals surface area (Å²) in [4.78, 5) is 37.8. The summed E-state index contributed by atoms with van der Waals surface area (Å²) < 4.78 is 12.4. The van der Waals surface area contributed by atoms with Gasteiger partial charge in [0.15, 0.2) is 17.2 Å². The first kappa shape index (κ1) is 20.4. The fraction of sp³-hybridized carbons (Fsp3) is 0.182. The minimum absolute atomic E-state index is 0.0169. The largest absolute Gasteiger partial charge is 0.480 e. The molecular weight excluding hydrogens is 430 g/mol. The van der Waals surface area contributed by atoms with Crippen molar-refractivity contribution in [1.82, 2.24) is 15.1 Å². The van der Waals surface area contributed by atoms with E-state index in [2.05, 4.69) is 10.4 Å². The third-order valence-corrected chi connectivity index (χ3v) is 5.46. The van der Waals surface area contributed by atoms with Crippen LogP contribution < -0.4 is 25.4 Å². The van der Waals surface area contributed by atoms with Gasteiger partial charge in [0.25, 0.3) is 5.91 Å². The molecule has 0 saturated heterocycles. The van der Waals surface area contributed by atoms with Gasteiger partial charge in [-0.2, -0.15) is 5.10 Å². The van der Waals surface area contributed by atoms with Crippen LogP contribution in [0.2, 0.25) is 0 Å². The second kappa shape index (κ2) is 7.55. The number of fused-ring (bicyclic) bond motifs is 4. The average Bonchev–Trinajstić information content (AvgIpc) is 3.40. The molecule has 11 heteroatoms. The number of rotatable bonds is 4. The van der Waals surface area contributed by atoms with Gasteiger partial charge in [0.05, 0.1) is 23.6 Å². The fourth-order valence-corrected chi connectivity index (χ4v) is 4.01. The van der Waals surface area contributed by atoms with Crippen LogP contribution in [0.3, 0.4) is 0 Å². The Hall–Kier alpha value is -4.54. The number of carboxylic acid groups (broad SMARTS) is 1. The lowest BCUT2D eigenvalue weighted by molar-refractivity contribution is -0.135. The lowest BCUT2D eigenvalue weighted by atomic mass is 9.96. The highest BCUT2D eigenvalue weighted by Crippen LogP contribution is 2.43. The predicted molar refractivity (Wildman–Crippen MR) is 116 cm³/mol. The molecular formula is C22H19N5O6. The third kappa shape index (κ3) is 3.39. The molecule has 2 aromatic carbocycles. The second-order valence-corrected chi connectivity index (χ2v) is 7.58. The molecule has 0 saturated carbocycles. The minimum atomic E-state index is -1.18. The number of benzene rings is 2. The summed E-state index contributed by atoms with van der Waals surface area (Å²) in [6.45, 7) is 1.05. The van der Waals surface area contributed by atoms with E-state index in [0.717, 1.165) is 0 Å². The number of ether oxygens (including phenoxy) is 2. The molecule has 1 aromatic heterocycles. The first-order chi connectivity index (χ1) is 15.8. The van der Waals surface area contributed by atoms with E-state index in [1.165, 1.54) is 11.8 Å². The van der Waals surface area contributed by atoms with Gasteiger partial charge in [-0.1, -0.05) is 0 Å². The van der Waals surface area contributed by atoms with Gasteiger partial charge in [-0.3, -0.25) is 14.4 Å². The summed E-state index contributed by atoms with van der Waals surface area (Å²) >= 11 is 0. The molecule has 5 rings (SSSR count). The quantitative estimate of drug-likeness (QED) is 0.508. The lowest BCUT2D eigenvalue weighted by Crippen LogP contribution is -2.34. The van der Waals surface area contributed by atoms with Crippen molar-refractivity contribution in [2.45, 2.75) is 13.5 Å². The number of hydrogen-bond acceptors (Lipinski definition) is 7. The van der Waals surface area contributed by atoms with Gasteiger partial charge < -0.3 is 30.5 Å². The first-order valence-corrected chi connectivity index (χ1v) is 10.0. The zero-order valence-electron chi connectivity index (χ0n) is 17.5. The van der Waals surface area contributed by atoms with Crippen LogP contribution in [0.15, 0.2) is 36.4 Å². The van der Waals surface area contributed by atoms with Crippen molar-refractivity contribution in [3.63, 3.8) is 0 Å². The Labute approximate surface area is 187 Å². The topological polar surface area (TPSA) is 149 Å². The van der Waals surface area contributed by atoms with E-state index in [1.54, 1.807) is 41.1 Å². The number of anilines is 2. The van der Waals surface area contributed by atoms with Crippen molar-refractivity contribution in [3.05, 3.63) is 47.7 Å². The molecule has 168 valence electrons. The summed E-state index contributed by atoms with van der Waals surface area (Å²) in [6, 6.07) is 10.4. The number of aromatic nitrogens is 2. The number of carbonyl (C=O) groups is 3. The molecule has 0 bridgehead atoms. The van der Waals surface area contributed by atoms with Crippen molar-refractivity contribution in [2.24, 2.45) is 0 Å². The van der Waals surface area contributed by atoms with Crippen LogP contribution in [-0.2, 0) is 16.1 Å². The summed E-state index contributed by atoms with van der Waals surface area (Å²) in [5.74, 6) is -0.950. The Kier molecular flexibility index (Phi) is 4.66. The van der Waals surface area contributed by atoms with Gasteiger partial charge >= 0.3 is 5.97 Å². The molecule has 3 heterocycles. The number of amides is 2. The molecule has 0 spiro atoms. The van der Waals surface area contributed by atoms with Crippen molar-refractivity contribution in [1.29, 1.82) is 0 Å². The van der Waals surface area contributed by atoms with Crippen LogP contribution in [0, 0.1) is 0 Å². The molecule has 0 fully saturated rings. The van der Waals surface area contributed by atoms with Crippen molar-refractivity contribution >= 4 is 29.2 Å². The van der Waals surface area contributed by atoms with Crippen LogP contribution >= 0.6 is 0 Å². The number of hydrogen-bond donors (Lipinski definition) is 3. The van der Waals surface area contributed by atoms with E-state index < -0.39 is 18.4 Å². The summed E-state index contributed by atoms with van der Waals surface area (Å²) in [5, 5.41) is 15.8. The number of aliphatic carboxylic acids is 1. The molecule has 0 aliphatic carbocycles. The van der Waals surface area contributed by atoms with Gasteiger partial charge in [-0.05, 0) is 30.3 Å². The Morgan fingerprint density at radius 3 is 2.70 bits per heavy atom. The highest BCUT2D eigenvalue weighted by molar-refractivity contribution is 6.03. The van der Waals surface area contributed by atoms with Crippen LogP contribution in [0.25, 0.3) is 16.9 Å². The van der Waals surface area contributed by atoms with E-state index in [0.29, 0.717) is 45.4 Å². The van der Waals surface area contributed by atoms with Gasteiger partial charge in [0.1, 0.15) is 6.54 Å². The highest BCUT2D eigenvalue weighted by Gasteiger charge is 2.34. The molecule has 0 atom stereocenters. The van der Waals surface area contributed by atoms with E-state index in [1.807, 2.05) is 0 Å². The monoisotopic (exact) mass is 449 g/mol. The number of nitrogen functional groups attached to an aromatic ring is 1. The Balaban J connectivity index is 1.73. The smallest absolute Gasteiger partial charge is 0.322 e. The van der Waals surface area contributed by atoms with E-state index in [4.69, 9.17) is 20.3 Å². The van der Waals surface area contributed by atoms with E-state index in [-0.39, 0.29) is 24.9 Å². The van der Waals surface area contributed by atoms with E-state index in [9.17, 15) is 14.4 Å². The standard InChI is InChI=1S/C22H19N5O6/c1-11(28)26-9-15-20(22(31)24-8-19(29)30)25-27(13-3-5-17-18(7-13)33-10-32-17)21(15)14-6-12(23)2-4-16(14)26/h2-7H,8-10,23H2,1H3,(H,24,31)(H,29,30). The number of carbonyl (C=O) groups excluding carboxylic acids is 2. The SMILES string of the molecule is CC(=O)N1Cc2c(C(=O)NCC(=O)O)nn(-c3ccc4c(c3)OCO4)c2-c2cc(N)ccc21. The van der Waals surface area contributed by atoms with Crippen LogP contribution in [0.5, 0.6) is 11.5 Å². The molecule has 2 amide bonds. The summed E-state index contributed by atoms with van der Waals surface area (Å²) in [7, 11) is 0. The first-order valence-electron chi connectivity index (χ1n) is 10.0. The molecule has 0 unspecified atom stereocenters. The van der Waals surface area contributed by atoms with Crippen LogP contribution in [-0.4, -0.2) is 46.0 Å². The fourth-order valence-electron chi connectivity index (χ4n) is 4.01. The minimum Gasteiger partial charge on any atom is -0.480 e. The van der Waals surface area contributed by atoms with Crippen molar-refractivity contribution < 1.29 is 29.0 Å². The van der Waals surface area contributed by atoms with Crippen molar-refractivity contribution in [2.75, 3.05) is 24.0 Å². The maximum Gasteiger partial charge on any atom is 0.322 e. The maximum atomic E-state index is 12.9. The molecule has 2 aliphatic heterocycles. The molecule has 11 nitrogen and oxygen atoms in total. The molecule has 33 heavy (non-hydrogen) atoms. The number of nitrogens with one attached hydrogen (secondary N) is 1. The zero-order chi connectivity index (χ0) is 23.3. The lowest BCUT2D eigenvalue weighted by Gasteiger charge is -2.29. The zero-order valence-corrected chi connectivity index (χ0v) is 17.5. The normalized spacial score (nSPS) is 13.3. The van der Waals surface area contributed by atoms with Gasteiger partial charge in [0.2, 0.25) is 12.7 Å². The number of carboxylic acids is 1. The van der Waals surface area contributed by atoms with Gasteiger partial charge in [-0.15, -0.1) is 0 Å². The Bertz CT molecular complexity index is 1330. The molecule has 0 radical (unpaired) electrons. The average molecular weight is 449 g/mol. The van der Waals surface area contributed by atoms with Gasteiger partial charge in [0, 0.05) is 29.8 Å². The predicted octanol–water partition coefficient (Wildman–Crippen LogP) is 1.53. The third-order valence-electron chi connectivity index (χ3n) is 5.46. The highest BCUT2D eigenvalue weighted by atomic mass is 16.7. The molecule has 4 N–H and O–H groups in total. The Morgan fingerprint density at radius 1 is 1.15 bits per heavy atom.